The van der Waals surface area contributed by atoms with E-state index in [0.717, 1.165) is 6.07 Å². The highest BCUT2D eigenvalue weighted by Gasteiger charge is 2.34. The van der Waals surface area contributed by atoms with Crippen LogP contribution in [-0.4, -0.2) is 4.98 Å². The van der Waals surface area contributed by atoms with Gasteiger partial charge >= 0.3 is 6.18 Å². The smallest absolute Gasteiger partial charge is 0.242 e. The number of rotatable bonds is 1. The second-order valence-electron chi connectivity index (χ2n) is 3.44. The molecule has 17 heavy (non-hydrogen) atoms. The molecule has 1 nitrogen and oxygen atoms in total. The van der Waals surface area contributed by atoms with Crippen LogP contribution in [0.25, 0.3) is 11.3 Å². The number of benzene rings is 1. The van der Waals surface area contributed by atoms with Gasteiger partial charge in [-0.1, -0.05) is 11.6 Å². The number of hydrogen-bond donors (Lipinski definition) is 0. The number of nitrogens with zero attached hydrogens (tertiary/aromatic N) is 1. The lowest BCUT2D eigenvalue weighted by molar-refractivity contribution is -0.137. The SMILES string of the molecule is Cc1nc(-c2cc(Cl)ccc2C(F)(F)F)cs1. The maximum absolute atomic E-state index is 12.8. The van der Waals surface area contributed by atoms with Crippen LogP contribution in [0.15, 0.2) is 23.6 Å². The van der Waals surface area contributed by atoms with Crippen molar-refractivity contribution >= 4 is 22.9 Å². The topological polar surface area (TPSA) is 12.9 Å². The van der Waals surface area contributed by atoms with Crippen LogP contribution in [0.3, 0.4) is 0 Å². The van der Waals surface area contributed by atoms with Gasteiger partial charge in [0.05, 0.1) is 16.3 Å². The average molecular weight is 278 g/mol. The first-order valence-electron chi connectivity index (χ1n) is 4.67. The molecule has 0 saturated carbocycles. The lowest BCUT2D eigenvalue weighted by Gasteiger charge is -2.11. The Labute approximate surface area is 105 Å². The second kappa shape index (κ2) is 4.31. The molecule has 2 rings (SSSR count). The van der Waals surface area contributed by atoms with Crippen molar-refractivity contribution in [1.82, 2.24) is 4.98 Å². The Balaban J connectivity index is 2.63. The number of aryl methyl sites for hydroxylation is 1. The van der Waals surface area contributed by atoms with Gasteiger partial charge in [0.2, 0.25) is 0 Å². The monoisotopic (exact) mass is 277 g/mol. The fourth-order valence-electron chi connectivity index (χ4n) is 1.46. The van der Waals surface area contributed by atoms with E-state index < -0.39 is 11.7 Å². The van der Waals surface area contributed by atoms with Crippen LogP contribution in [-0.2, 0) is 6.18 Å². The number of alkyl halides is 3. The zero-order valence-electron chi connectivity index (χ0n) is 8.68. The minimum absolute atomic E-state index is 0.0225. The van der Waals surface area contributed by atoms with Crippen molar-refractivity contribution in [3.63, 3.8) is 0 Å². The Morgan fingerprint density at radius 2 is 2.00 bits per heavy atom. The summed E-state index contributed by atoms with van der Waals surface area (Å²) in [7, 11) is 0. The summed E-state index contributed by atoms with van der Waals surface area (Å²) >= 11 is 7.03. The predicted octanol–water partition coefficient (Wildman–Crippen LogP) is 4.79. The summed E-state index contributed by atoms with van der Waals surface area (Å²) in [6.07, 6.45) is -4.41. The fraction of sp³-hybridized carbons (Fsp3) is 0.182. The summed E-state index contributed by atoms with van der Waals surface area (Å²) in [6.45, 7) is 1.74. The molecule has 0 radical (unpaired) electrons. The molecule has 1 aromatic carbocycles. The Hall–Kier alpha value is -1.07. The fourth-order valence-corrected chi connectivity index (χ4v) is 2.25. The van der Waals surface area contributed by atoms with E-state index in [1.165, 1.54) is 23.5 Å². The standard InChI is InChI=1S/C11H7ClF3NS/c1-6-16-10(5-17-6)8-4-7(12)2-3-9(8)11(13,14)15/h2-5H,1H3. The molecule has 90 valence electrons. The third kappa shape index (κ3) is 2.61. The maximum Gasteiger partial charge on any atom is 0.417 e. The van der Waals surface area contributed by atoms with Gasteiger partial charge in [-0.25, -0.2) is 4.98 Å². The predicted molar refractivity (Wildman–Crippen MR) is 62.3 cm³/mol. The van der Waals surface area contributed by atoms with E-state index >= 15 is 0 Å². The molecule has 0 aliphatic carbocycles. The average Bonchev–Trinajstić information content (AvgIpc) is 2.62. The molecule has 6 heteroatoms. The van der Waals surface area contributed by atoms with Crippen LogP contribution in [0.1, 0.15) is 10.6 Å². The van der Waals surface area contributed by atoms with E-state index in [4.69, 9.17) is 11.6 Å². The first-order valence-corrected chi connectivity index (χ1v) is 5.93. The molecular formula is C11H7ClF3NS. The van der Waals surface area contributed by atoms with E-state index in [1.54, 1.807) is 12.3 Å². The van der Waals surface area contributed by atoms with Crippen LogP contribution in [0.4, 0.5) is 13.2 Å². The number of hydrogen-bond acceptors (Lipinski definition) is 2. The molecule has 0 unspecified atom stereocenters. The van der Waals surface area contributed by atoms with Gasteiger partial charge < -0.3 is 0 Å². The second-order valence-corrected chi connectivity index (χ2v) is 4.94. The minimum atomic E-state index is -4.41. The molecule has 0 saturated heterocycles. The minimum Gasteiger partial charge on any atom is -0.242 e. The molecule has 1 aromatic heterocycles. The van der Waals surface area contributed by atoms with Gasteiger partial charge in [-0.3, -0.25) is 0 Å². The van der Waals surface area contributed by atoms with Gasteiger partial charge in [-0.15, -0.1) is 11.3 Å². The maximum atomic E-state index is 12.8. The first kappa shape index (κ1) is 12.4. The molecule has 0 aliphatic rings. The largest absolute Gasteiger partial charge is 0.417 e. The van der Waals surface area contributed by atoms with Crippen molar-refractivity contribution in [1.29, 1.82) is 0 Å². The number of aromatic nitrogens is 1. The molecule has 0 N–H and O–H groups in total. The molecule has 0 bridgehead atoms. The van der Waals surface area contributed by atoms with Gasteiger partial charge in [0.15, 0.2) is 0 Å². The number of halogens is 4. The van der Waals surface area contributed by atoms with Crippen LogP contribution >= 0.6 is 22.9 Å². The van der Waals surface area contributed by atoms with E-state index in [2.05, 4.69) is 4.98 Å². The lowest BCUT2D eigenvalue weighted by atomic mass is 10.1. The number of thiazole rings is 1. The summed E-state index contributed by atoms with van der Waals surface area (Å²) < 4.78 is 38.4. The van der Waals surface area contributed by atoms with Crippen molar-refractivity contribution < 1.29 is 13.2 Å². The molecule has 0 fully saturated rings. The van der Waals surface area contributed by atoms with Crippen LogP contribution in [0, 0.1) is 6.92 Å². The zero-order valence-corrected chi connectivity index (χ0v) is 10.2. The molecule has 2 aromatic rings. The zero-order chi connectivity index (χ0) is 12.6. The summed E-state index contributed by atoms with van der Waals surface area (Å²) in [4.78, 5) is 4.06. The summed E-state index contributed by atoms with van der Waals surface area (Å²) in [5, 5.41) is 2.57. The van der Waals surface area contributed by atoms with Crippen molar-refractivity contribution in [2.75, 3.05) is 0 Å². The summed E-state index contributed by atoms with van der Waals surface area (Å²) in [5.74, 6) is 0. The molecule has 0 amide bonds. The van der Waals surface area contributed by atoms with E-state index in [0.29, 0.717) is 10.7 Å². The van der Waals surface area contributed by atoms with Gasteiger partial charge in [0.1, 0.15) is 0 Å². The van der Waals surface area contributed by atoms with Gasteiger partial charge in [-0.2, -0.15) is 13.2 Å². The van der Waals surface area contributed by atoms with Crippen molar-refractivity contribution in [3.05, 3.63) is 39.2 Å². The van der Waals surface area contributed by atoms with Crippen molar-refractivity contribution in [2.24, 2.45) is 0 Å². The van der Waals surface area contributed by atoms with E-state index in [1.807, 2.05) is 0 Å². The van der Waals surface area contributed by atoms with Crippen LogP contribution < -0.4 is 0 Å². The van der Waals surface area contributed by atoms with Crippen molar-refractivity contribution in [2.45, 2.75) is 13.1 Å². The highest BCUT2D eigenvalue weighted by molar-refractivity contribution is 7.09. The van der Waals surface area contributed by atoms with Crippen molar-refractivity contribution in [3.8, 4) is 11.3 Å². The highest BCUT2D eigenvalue weighted by Crippen LogP contribution is 2.38. The van der Waals surface area contributed by atoms with Gasteiger partial charge in [0, 0.05) is 16.0 Å². The Morgan fingerprint density at radius 1 is 1.29 bits per heavy atom. The van der Waals surface area contributed by atoms with Gasteiger partial charge in [0.25, 0.3) is 0 Å². The van der Waals surface area contributed by atoms with E-state index in [-0.39, 0.29) is 10.6 Å². The molecule has 0 atom stereocenters. The highest BCUT2D eigenvalue weighted by atomic mass is 35.5. The third-order valence-electron chi connectivity index (χ3n) is 2.18. The third-order valence-corrected chi connectivity index (χ3v) is 3.19. The summed E-state index contributed by atoms with van der Waals surface area (Å²) in [6, 6.07) is 3.50. The van der Waals surface area contributed by atoms with Crippen LogP contribution in [0.2, 0.25) is 5.02 Å². The molecular weight excluding hydrogens is 271 g/mol. The Morgan fingerprint density at radius 3 is 2.53 bits per heavy atom. The molecule has 0 aliphatic heterocycles. The molecule has 0 spiro atoms. The molecule has 1 heterocycles. The quantitative estimate of drug-likeness (QED) is 0.730. The lowest BCUT2D eigenvalue weighted by Crippen LogP contribution is -2.07. The van der Waals surface area contributed by atoms with E-state index in [9.17, 15) is 13.2 Å². The van der Waals surface area contributed by atoms with Gasteiger partial charge in [-0.05, 0) is 25.1 Å². The Bertz CT molecular complexity index is 548. The Kier molecular flexibility index (Phi) is 3.14. The normalized spacial score (nSPS) is 11.8. The first-order chi connectivity index (χ1) is 7.88. The van der Waals surface area contributed by atoms with Crippen LogP contribution in [0.5, 0.6) is 0 Å². The summed E-state index contributed by atoms with van der Waals surface area (Å²) in [5.41, 5.74) is -0.385.